The molecule has 3 amide bonds. The molecular weight excluding hydrogens is 511 g/mol. The van der Waals surface area contributed by atoms with Crippen molar-refractivity contribution < 1.29 is 14.4 Å². The fourth-order valence-corrected chi connectivity index (χ4v) is 4.68. The molecule has 35 heavy (non-hydrogen) atoms. The molecule has 184 valence electrons. The van der Waals surface area contributed by atoms with Gasteiger partial charge in [0, 0.05) is 37.1 Å². The molecule has 4 rings (SSSR count). The molecule has 0 aliphatic carbocycles. The smallest absolute Gasteiger partial charge is 0.314 e. The molecule has 0 fully saturated rings. The summed E-state index contributed by atoms with van der Waals surface area (Å²) in [5, 5.41) is 8.74. The number of hydrogen-bond acceptors (Lipinski definition) is 7. The molecule has 1 aromatic carbocycles. The number of carbonyl (C=O) groups is 3. The minimum atomic E-state index is -0.871. The van der Waals surface area contributed by atoms with Crippen LogP contribution in [-0.2, 0) is 22.6 Å². The van der Waals surface area contributed by atoms with Gasteiger partial charge in [-0.2, -0.15) is 0 Å². The molecule has 1 unspecified atom stereocenters. The number of pyridine rings is 1. The largest absolute Gasteiger partial charge is 0.345 e. The molecule has 3 heterocycles. The summed E-state index contributed by atoms with van der Waals surface area (Å²) in [4.78, 5) is 49.3. The second-order valence-corrected chi connectivity index (χ2v) is 9.36. The second-order valence-electron chi connectivity index (χ2n) is 7.84. The maximum absolute atomic E-state index is 13.0. The molecule has 2 aromatic heterocycles. The van der Waals surface area contributed by atoms with Crippen molar-refractivity contribution in [2.75, 3.05) is 25.5 Å². The number of anilines is 1. The Hall–Kier alpha value is -3.05. The topological polar surface area (TPSA) is 116 Å². The second kappa shape index (κ2) is 12.1. The van der Waals surface area contributed by atoms with E-state index in [2.05, 4.69) is 30.8 Å². The van der Waals surface area contributed by atoms with E-state index < -0.39 is 17.9 Å². The summed E-state index contributed by atoms with van der Waals surface area (Å²) >= 11 is 7.16. The Bertz CT molecular complexity index is 1190. The molecule has 0 saturated heterocycles. The van der Waals surface area contributed by atoms with Gasteiger partial charge < -0.3 is 20.9 Å². The lowest BCUT2D eigenvalue weighted by Gasteiger charge is -2.20. The van der Waals surface area contributed by atoms with Crippen molar-refractivity contribution in [1.29, 1.82) is 0 Å². The first-order valence-corrected chi connectivity index (χ1v) is 11.8. The van der Waals surface area contributed by atoms with Gasteiger partial charge >= 0.3 is 11.8 Å². The van der Waals surface area contributed by atoms with Crippen molar-refractivity contribution in [2.45, 2.75) is 19.0 Å². The molecule has 9 nitrogen and oxygen atoms in total. The number of likely N-dealkylation sites (N-methyl/N-ethyl adjacent to an activating group) is 1. The molecule has 0 radical (unpaired) electrons. The van der Waals surface area contributed by atoms with Gasteiger partial charge in [0.05, 0.1) is 16.8 Å². The van der Waals surface area contributed by atoms with Crippen LogP contribution in [0.5, 0.6) is 0 Å². The Kier molecular flexibility index (Phi) is 9.16. The van der Waals surface area contributed by atoms with E-state index in [-0.39, 0.29) is 30.7 Å². The maximum Gasteiger partial charge on any atom is 0.314 e. The van der Waals surface area contributed by atoms with Crippen LogP contribution in [0.1, 0.15) is 32.0 Å². The van der Waals surface area contributed by atoms with Crippen LogP contribution >= 0.6 is 35.3 Å². The lowest BCUT2D eigenvalue weighted by Crippen LogP contribution is -2.42. The Labute approximate surface area is 217 Å². The van der Waals surface area contributed by atoms with Crippen LogP contribution in [0.4, 0.5) is 5.82 Å². The molecule has 0 spiro atoms. The number of nitrogens with zero attached hydrogens (tertiary/aromatic N) is 3. The Morgan fingerprint density at radius 1 is 1.14 bits per heavy atom. The number of halogens is 2. The minimum Gasteiger partial charge on any atom is -0.345 e. The molecule has 0 saturated carbocycles. The highest BCUT2D eigenvalue weighted by molar-refractivity contribution is 7.13. The van der Waals surface area contributed by atoms with Crippen LogP contribution in [0.25, 0.3) is 0 Å². The summed E-state index contributed by atoms with van der Waals surface area (Å²) in [6.07, 6.45) is 2.18. The van der Waals surface area contributed by atoms with Crippen LogP contribution in [-0.4, -0.2) is 52.7 Å². The maximum atomic E-state index is 13.0. The van der Waals surface area contributed by atoms with Crippen LogP contribution < -0.4 is 16.0 Å². The summed E-state index contributed by atoms with van der Waals surface area (Å²) in [6.45, 7) is 1.70. The third-order valence-corrected chi connectivity index (χ3v) is 6.57. The summed E-state index contributed by atoms with van der Waals surface area (Å²) in [5.74, 6) is -1.83. The third-order valence-electron chi connectivity index (χ3n) is 5.27. The van der Waals surface area contributed by atoms with Crippen LogP contribution in [0.3, 0.4) is 0 Å². The number of thiazole rings is 1. The average Bonchev–Trinajstić information content (AvgIpc) is 3.26. The average molecular weight is 535 g/mol. The van der Waals surface area contributed by atoms with Gasteiger partial charge in [-0.05, 0) is 24.7 Å². The quantitative estimate of drug-likeness (QED) is 0.418. The SMILES string of the molecule is CN1CCc2nc(C(=O)NC(CNC(=O)C(=O)Nc3ccc(Cl)cn3)c3ccccc3)sc2C1.Cl. The summed E-state index contributed by atoms with van der Waals surface area (Å²) in [6, 6.07) is 11.7. The Balaban J connectivity index is 0.00000342. The Morgan fingerprint density at radius 2 is 1.91 bits per heavy atom. The highest BCUT2D eigenvalue weighted by Crippen LogP contribution is 2.25. The highest BCUT2D eigenvalue weighted by Gasteiger charge is 2.24. The van der Waals surface area contributed by atoms with Crippen molar-refractivity contribution in [3.63, 3.8) is 0 Å². The lowest BCUT2D eigenvalue weighted by atomic mass is 10.1. The lowest BCUT2D eigenvalue weighted by molar-refractivity contribution is -0.136. The first kappa shape index (κ1) is 26.6. The van der Waals surface area contributed by atoms with E-state index in [4.69, 9.17) is 11.6 Å². The number of nitrogens with one attached hydrogen (secondary N) is 3. The van der Waals surface area contributed by atoms with Crippen molar-refractivity contribution in [1.82, 2.24) is 25.5 Å². The van der Waals surface area contributed by atoms with Gasteiger partial charge in [0.1, 0.15) is 5.82 Å². The molecule has 0 bridgehead atoms. The Morgan fingerprint density at radius 3 is 2.63 bits per heavy atom. The molecule has 1 aliphatic heterocycles. The fraction of sp³-hybridized carbons (Fsp3) is 0.261. The number of amides is 3. The van der Waals surface area contributed by atoms with Crippen molar-refractivity contribution in [2.24, 2.45) is 0 Å². The zero-order valence-corrected chi connectivity index (χ0v) is 21.2. The first-order chi connectivity index (χ1) is 16.4. The predicted molar refractivity (Wildman–Crippen MR) is 137 cm³/mol. The molecular formula is C23H24Cl2N6O3S. The van der Waals surface area contributed by atoms with Gasteiger partial charge in [0.2, 0.25) is 0 Å². The fourth-order valence-electron chi connectivity index (χ4n) is 3.48. The van der Waals surface area contributed by atoms with Gasteiger partial charge in [-0.15, -0.1) is 23.7 Å². The summed E-state index contributed by atoms with van der Waals surface area (Å²) in [5.41, 5.74) is 1.75. The van der Waals surface area contributed by atoms with E-state index in [0.717, 1.165) is 35.6 Å². The van der Waals surface area contributed by atoms with Gasteiger partial charge in [-0.25, -0.2) is 9.97 Å². The molecule has 1 aliphatic rings. The number of benzene rings is 1. The zero-order chi connectivity index (χ0) is 24.1. The van der Waals surface area contributed by atoms with E-state index in [1.807, 2.05) is 37.4 Å². The molecule has 1 atom stereocenters. The number of carbonyl (C=O) groups excluding carboxylic acids is 3. The van der Waals surface area contributed by atoms with E-state index in [1.165, 1.54) is 23.6 Å². The predicted octanol–water partition coefficient (Wildman–Crippen LogP) is 2.83. The molecule has 3 aromatic rings. The van der Waals surface area contributed by atoms with E-state index in [1.54, 1.807) is 6.07 Å². The van der Waals surface area contributed by atoms with E-state index >= 15 is 0 Å². The number of hydrogen-bond donors (Lipinski definition) is 3. The molecule has 12 heteroatoms. The van der Waals surface area contributed by atoms with Gasteiger partial charge in [-0.1, -0.05) is 41.9 Å². The normalized spacial score (nSPS) is 13.7. The van der Waals surface area contributed by atoms with E-state index in [9.17, 15) is 14.4 Å². The van der Waals surface area contributed by atoms with Crippen LogP contribution in [0, 0.1) is 0 Å². The zero-order valence-electron chi connectivity index (χ0n) is 18.8. The van der Waals surface area contributed by atoms with E-state index in [0.29, 0.717) is 10.0 Å². The van der Waals surface area contributed by atoms with Gasteiger partial charge in [0.25, 0.3) is 5.91 Å². The first-order valence-electron chi connectivity index (χ1n) is 10.6. The number of aromatic nitrogens is 2. The minimum absolute atomic E-state index is 0. The van der Waals surface area contributed by atoms with Crippen LogP contribution in [0.15, 0.2) is 48.7 Å². The molecule has 3 N–H and O–H groups in total. The van der Waals surface area contributed by atoms with Gasteiger partial charge in [-0.3, -0.25) is 14.4 Å². The number of rotatable bonds is 6. The van der Waals surface area contributed by atoms with Crippen LogP contribution in [0.2, 0.25) is 5.02 Å². The van der Waals surface area contributed by atoms with Crippen molar-refractivity contribution in [3.8, 4) is 0 Å². The number of fused-ring (bicyclic) bond motifs is 1. The monoisotopic (exact) mass is 534 g/mol. The standard InChI is InChI=1S/C23H23ClN6O3S.ClH/c1-30-10-9-16-18(13-30)34-23(28-16)22(33)27-17(14-5-3-2-4-6-14)12-26-20(31)21(32)29-19-8-7-15(24)11-25-19;/h2-8,11,17H,9-10,12-13H2,1H3,(H,26,31)(H,27,33)(H,25,29,32);1H. The third kappa shape index (κ3) is 6.98. The summed E-state index contributed by atoms with van der Waals surface area (Å²) < 4.78 is 0. The van der Waals surface area contributed by atoms with Crippen molar-refractivity contribution >= 4 is 58.9 Å². The highest BCUT2D eigenvalue weighted by atomic mass is 35.5. The van der Waals surface area contributed by atoms with Gasteiger partial charge in [0.15, 0.2) is 5.01 Å². The summed E-state index contributed by atoms with van der Waals surface area (Å²) in [7, 11) is 2.04. The van der Waals surface area contributed by atoms with Crippen molar-refractivity contribution in [3.05, 3.63) is 74.8 Å².